The number of likely N-dealkylation sites (N-methyl/N-ethyl adjacent to an activating group) is 3. The molecule has 3 aliphatic rings. The smallest absolute Gasteiger partial charge is 0.399 e. The lowest BCUT2D eigenvalue weighted by Crippen LogP contribution is -2.43. The van der Waals surface area contributed by atoms with Crippen molar-refractivity contribution in [2.45, 2.75) is 55.2 Å². The van der Waals surface area contributed by atoms with Crippen LogP contribution in [0.3, 0.4) is 0 Å². The highest BCUT2D eigenvalue weighted by Gasteiger charge is 2.35. The molecule has 3 aliphatic heterocycles. The first-order chi connectivity index (χ1) is 40.3. The van der Waals surface area contributed by atoms with E-state index >= 15 is 0 Å². The second kappa shape index (κ2) is 33.7. The number of halogens is 14. The average Bonchev–Trinajstić information content (AvgIpc) is 1.73. The van der Waals surface area contributed by atoms with Gasteiger partial charge in [-0.2, -0.15) is 52.7 Å². The predicted octanol–water partition coefficient (Wildman–Crippen LogP) is 11.0. The van der Waals surface area contributed by atoms with E-state index < -0.39 is 94.4 Å². The molecular weight excluding hydrogens is 1250 g/mol. The molecule has 0 aromatic heterocycles. The summed E-state index contributed by atoms with van der Waals surface area (Å²) in [7, 11) is 7.67. The Morgan fingerprint density at radius 2 is 0.828 bits per heavy atom. The van der Waals surface area contributed by atoms with Gasteiger partial charge in [0.15, 0.2) is 0 Å². The molecule has 482 valence electrons. The van der Waals surface area contributed by atoms with Gasteiger partial charge in [0.1, 0.15) is 0 Å². The monoisotopic (exact) mass is 1310 g/mol. The highest BCUT2D eigenvalue weighted by Crippen LogP contribution is 2.36. The number of alkyl halides is 13. The third kappa shape index (κ3) is 27.6. The number of benzene rings is 5. The van der Waals surface area contributed by atoms with Gasteiger partial charge in [-0.3, -0.25) is 40.1 Å². The van der Waals surface area contributed by atoms with E-state index in [0.717, 1.165) is 95.8 Å². The van der Waals surface area contributed by atoms with Crippen LogP contribution < -0.4 is 11.1 Å². The standard InChI is InChI=1S/C13H16F3N3O2.C13H18F3N3.C8H5ClF3NO2.C8H6F3NO3.C6H5ClO2S.C5H12N2/c1-17-2-4-18(5-3-17)9-10-6-11(13(14,15)16)8-12(7-10)19(20)21;1-18-2-4-19(5-3-18)9-10-6-11(13(14,15)16)8-12(17)7-10;9-4-5-1-6(8(10,11)12)3-7(2-5)13(14)15;9-8(10,11)6-1-5(4-13)2-7(3-6)12(14)15;7-10(8,9)6-4-2-1-3-5-6;1-7-4-2-6-3-5-7/h6-8H,2-5,9H2,1H3;6-8H,2-5,9,17H2,1H3;1-3H,4H2;1-3,13H,4H2;1-5H;6H,2-5H2,1H3. The molecule has 87 heavy (non-hydrogen) atoms. The van der Waals surface area contributed by atoms with Crippen LogP contribution in [0.2, 0.25) is 0 Å². The van der Waals surface area contributed by atoms with Crippen molar-refractivity contribution < 1.29 is 81.0 Å². The van der Waals surface area contributed by atoms with Gasteiger partial charge < -0.3 is 30.9 Å². The first kappa shape index (κ1) is 74.8. The quantitative estimate of drug-likeness (QED) is 0.0294. The van der Waals surface area contributed by atoms with Gasteiger partial charge in [0, 0.05) is 150 Å². The molecule has 3 heterocycles. The molecule has 19 nitrogen and oxygen atoms in total. The summed E-state index contributed by atoms with van der Waals surface area (Å²) in [5, 5.41) is 43.4. The van der Waals surface area contributed by atoms with E-state index in [1.54, 1.807) is 24.3 Å². The number of hydrogen-bond donors (Lipinski definition) is 3. The third-order valence-electron chi connectivity index (χ3n) is 12.6. The Hall–Kier alpha value is -6.49. The van der Waals surface area contributed by atoms with Gasteiger partial charge in [0.05, 0.1) is 48.5 Å². The number of nitrogens with two attached hydrogens (primary N) is 1. The fraction of sp³-hybridized carbons (Fsp3) is 0.434. The molecular formula is C53H62Cl2F12N10O9S. The number of non-ortho nitro benzene ring substituents is 3. The van der Waals surface area contributed by atoms with Gasteiger partial charge in [0.25, 0.3) is 26.1 Å². The molecule has 5 aromatic carbocycles. The van der Waals surface area contributed by atoms with Crippen LogP contribution in [0.1, 0.15) is 44.5 Å². The zero-order valence-corrected chi connectivity index (χ0v) is 49.0. The first-order valence-corrected chi connectivity index (χ1v) is 28.5. The summed E-state index contributed by atoms with van der Waals surface area (Å²) in [6.45, 7) is 11.6. The van der Waals surface area contributed by atoms with E-state index in [4.69, 9.17) is 33.1 Å². The van der Waals surface area contributed by atoms with Gasteiger partial charge >= 0.3 is 24.7 Å². The predicted molar refractivity (Wildman–Crippen MR) is 301 cm³/mol. The van der Waals surface area contributed by atoms with Crippen LogP contribution in [0.15, 0.2) is 108 Å². The number of aliphatic hydroxyl groups is 1. The van der Waals surface area contributed by atoms with Gasteiger partial charge in [-0.05, 0) is 91.9 Å². The summed E-state index contributed by atoms with van der Waals surface area (Å²) in [6.07, 6.45) is -18.2. The molecule has 0 aliphatic carbocycles. The molecule has 3 fully saturated rings. The SMILES string of the molecule is CN1CCN(Cc2cc(N)cc(C(F)(F)F)c2)CC1.CN1CCN(Cc2cc([N+](=O)[O-])cc(C(F)(F)F)c2)CC1.CN1CCNCC1.O=S(=O)(Cl)c1ccccc1.O=[N+]([O-])c1cc(CCl)cc(C(F)(F)F)c1.O=[N+]([O-])c1cc(CO)cc(C(F)(F)F)c1. The van der Waals surface area contributed by atoms with Gasteiger partial charge in [0.2, 0.25) is 0 Å². The normalized spacial score (nSPS) is 15.7. The van der Waals surface area contributed by atoms with Gasteiger partial charge in [-0.25, -0.2) is 8.42 Å². The molecule has 0 atom stereocenters. The number of nitro groups is 3. The zero-order valence-electron chi connectivity index (χ0n) is 46.7. The van der Waals surface area contributed by atoms with Crippen LogP contribution in [0.25, 0.3) is 0 Å². The Balaban J connectivity index is 0.000000281. The van der Waals surface area contributed by atoms with Crippen molar-refractivity contribution in [3.8, 4) is 0 Å². The number of anilines is 1. The van der Waals surface area contributed by atoms with Gasteiger partial charge in [-0.1, -0.05) is 18.2 Å². The Labute approximate surface area is 501 Å². The maximum Gasteiger partial charge on any atom is 0.416 e. The fourth-order valence-electron chi connectivity index (χ4n) is 7.95. The second-order valence-corrected chi connectivity index (χ2v) is 22.5. The average molecular weight is 1310 g/mol. The molecule has 4 N–H and O–H groups in total. The molecule has 5 aromatic rings. The lowest BCUT2D eigenvalue weighted by Gasteiger charge is -2.32. The first-order valence-electron chi connectivity index (χ1n) is 25.7. The lowest BCUT2D eigenvalue weighted by atomic mass is 10.1. The summed E-state index contributed by atoms with van der Waals surface area (Å²) in [5.41, 5.74) is 0.932. The number of hydrogen-bond acceptors (Lipinski definition) is 16. The number of piperazine rings is 3. The molecule has 0 unspecified atom stereocenters. The van der Waals surface area contributed by atoms with Crippen molar-refractivity contribution in [1.29, 1.82) is 0 Å². The molecule has 8 rings (SSSR count). The Morgan fingerprint density at radius 3 is 1.14 bits per heavy atom. The Morgan fingerprint density at radius 1 is 0.506 bits per heavy atom. The van der Waals surface area contributed by atoms with Crippen LogP contribution in [-0.4, -0.2) is 152 Å². The topological polar surface area (TPSA) is 238 Å². The molecule has 0 bridgehead atoms. The van der Waals surface area contributed by atoms with Crippen molar-refractivity contribution in [3.05, 3.63) is 178 Å². The largest absolute Gasteiger partial charge is 0.416 e. The van der Waals surface area contributed by atoms with Crippen molar-refractivity contribution in [2.24, 2.45) is 0 Å². The fourth-order valence-corrected chi connectivity index (χ4v) is 8.90. The van der Waals surface area contributed by atoms with E-state index in [-0.39, 0.29) is 27.6 Å². The number of nitrogens with zero attached hydrogens (tertiary/aromatic N) is 8. The van der Waals surface area contributed by atoms with Crippen molar-refractivity contribution in [3.63, 3.8) is 0 Å². The number of aliphatic hydroxyl groups excluding tert-OH is 1. The maximum absolute atomic E-state index is 12.8. The Bertz CT molecular complexity index is 3060. The summed E-state index contributed by atoms with van der Waals surface area (Å²) < 4.78 is 171. The van der Waals surface area contributed by atoms with E-state index in [2.05, 4.69) is 32.0 Å². The summed E-state index contributed by atoms with van der Waals surface area (Å²) in [6, 6.07) is 18.7. The van der Waals surface area contributed by atoms with Crippen LogP contribution >= 0.6 is 22.3 Å². The minimum absolute atomic E-state index is 0.0678. The lowest BCUT2D eigenvalue weighted by molar-refractivity contribution is -0.385. The van der Waals surface area contributed by atoms with E-state index in [0.29, 0.717) is 48.5 Å². The number of nitrogen functional groups attached to an aromatic ring is 1. The molecule has 3 saturated heterocycles. The minimum Gasteiger partial charge on any atom is -0.399 e. The molecule has 0 radical (unpaired) electrons. The van der Waals surface area contributed by atoms with Gasteiger partial charge in [-0.15, -0.1) is 11.6 Å². The van der Waals surface area contributed by atoms with E-state index in [9.17, 15) is 91.4 Å². The summed E-state index contributed by atoms with van der Waals surface area (Å²) in [5.74, 6) is -0.204. The minimum atomic E-state index is -4.66. The summed E-state index contributed by atoms with van der Waals surface area (Å²) >= 11 is 5.34. The molecule has 0 saturated carbocycles. The molecule has 0 spiro atoms. The van der Waals surface area contributed by atoms with E-state index in [1.807, 2.05) is 19.0 Å². The third-order valence-corrected chi connectivity index (χ3v) is 14.3. The maximum atomic E-state index is 12.8. The number of nitro benzene ring substituents is 3. The summed E-state index contributed by atoms with van der Waals surface area (Å²) in [4.78, 5) is 39.8. The second-order valence-electron chi connectivity index (χ2n) is 19.6. The van der Waals surface area contributed by atoms with Crippen LogP contribution in [0.4, 0.5) is 75.4 Å². The number of rotatable bonds is 10. The zero-order chi connectivity index (χ0) is 65.7. The van der Waals surface area contributed by atoms with Crippen molar-refractivity contribution in [1.82, 2.24) is 29.8 Å². The van der Waals surface area contributed by atoms with Crippen molar-refractivity contribution >= 4 is 54.1 Å². The molecule has 34 heteroatoms. The highest BCUT2D eigenvalue weighted by atomic mass is 35.7. The van der Waals surface area contributed by atoms with Crippen LogP contribution in [0, 0.1) is 30.3 Å². The molecule has 0 amide bonds. The number of nitrogens with one attached hydrogen (secondary N) is 1. The van der Waals surface area contributed by atoms with Crippen LogP contribution in [0.5, 0.6) is 0 Å². The van der Waals surface area contributed by atoms with Crippen LogP contribution in [-0.2, 0) is 59.3 Å². The Kier molecular flexibility index (Phi) is 29.0. The van der Waals surface area contributed by atoms with E-state index in [1.165, 1.54) is 37.4 Å². The van der Waals surface area contributed by atoms with Crippen molar-refractivity contribution in [2.75, 3.05) is 105 Å². The highest BCUT2D eigenvalue weighted by molar-refractivity contribution is 8.13.